The van der Waals surface area contributed by atoms with E-state index in [0.29, 0.717) is 0 Å². The molecule has 0 aliphatic rings. The van der Waals surface area contributed by atoms with Crippen molar-refractivity contribution in [2.45, 2.75) is 97.2 Å². The van der Waals surface area contributed by atoms with E-state index in [9.17, 15) is 0 Å². The highest BCUT2D eigenvalue weighted by molar-refractivity contribution is 9.10. The van der Waals surface area contributed by atoms with Gasteiger partial charge in [-0.25, -0.2) is 0 Å². The fraction of sp³-hybridized carbons (Fsp3) is 0.652. The maximum Gasteiger partial charge on any atom is 0.129 e. The monoisotopic (exact) mass is 420 g/mol. The molecule has 0 saturated heterocycles. The van der Waals surface area contributed by atoms with E-state index >= 15 is 0 Å². The van der Waals surface area contributed by atoms with Gasteiger partial charge < -0.3 is 0 Å². The Balaban J connectivity index is 2.21. The minimum absolute atomic E-state index is 1.13. The molecule has 0 nitrogen and oxygen atoms in total. The first-order valence-corrected chi connectivity index (χ1v) is 14.5. The highest BCUT2D eigenvalue weighted by Gasteiger charge is 2.08. The maximum absolute atomic E-state index is 3.70. The molecule has 0 unspecified atom stereocenters. The second-order valence-corrected chi connectivity index (χ2v) is 13.9. The van der Waals surface area contributed by atoms with Gasteiger partial charge in [0.2, 0.25) is 0 Å². The molecule has 0 aliphatic heterocycles. The van der Waals surface area contributed by atoms with Crippen molar-refractivity contribution in [3.63, 3.8) is 0 Å². The Morgan fingerprint density at radius 3 is 1.92 bits per heavy atom. The second-order valence-electron chi connectivity index (χ2n) is 8.25. The summed E-state index contributed by atoms with van der Waals surface area (Å²) in [6.07, 6.45) is 15.2. The summed E-state index contributed by atoms with van der Waals surface area (Å²) in [5.74, 6) is 3.35. The number of benzene rings is 1. The van der Waals surface area contributed by atoms with E-state index < -0.39 is 8.07 Å². The third-order valence-electron chi connectivity index (χ3n) is 4.42. The van der Waals surface area contributed by atoms with Crippen LogP contribution >= 0.6 is 15.9 Å². The van der Waals surface area contributed by atoms with Gasteiger partial charge >= 0.3 is 0 Å². The molecule has 0 amide bonds. The number of aryl methyl sites for hydroxylation is 1. The summed E-state index contributed by atoms with van der Waals surface area (Å²) in [5.41, 5.74) is 6.01. The first-order chi connectivity index (χ1) is 11.9. The third kappa shape index (κ3) is 11.7. The molecular weight excluding hydrogens is 384 g/mol. The number of halogens is 1. The fourth-order valence-corrected chi connectivity index (χ4v) is 3.92. The minimum Gasteiger partial charge on any atom is -0.127 e. The van der Waals surface area contributed by atoms with Crippen LogP contribution in [0.2, 0.25) is 19.6 Å². The van der Waals surface area contributed by atoms with E-state index in [2.05, 4.69) is 72.2 Å². The van der Waals surface area contributed by atoms with Crippen LogP contribution in [0.3, 0.4) is 0 Å². The lowest BCUT2D eigenvalue weighted by Crippen LogP contribution is -2.16. The van der Waals surface area contributed by atoms with Gasteiger partial charge in [-0.1, -0.05) is 96.3 Å². The van der Waals surface area contributed by atoms with Gasteiger partial charge in [-0.05, 0) is 46.5 Å². The fourth-order valence-electron chi connectivity index (χ4n) is 2.89. The van der Waals surface area contributed by atoms with Crippen molar-refractivity contribution in [2.24, 2.45) is 0 Å². The quantitative estimate of drug-likeness (QED) is 0.192. The van der Waals surface area contributed by atoms with Crippen LogP contribution in [0.4, 0.5) is 0 Å². The van der Waals surface area contributed by atoms with Crippen molar-refractivity contribution in [3.8, 4) is 11.5 Å². The van der Waals surface area contributed by atoms with Crippen molar-refractivity contribution < 1.29 is 0 Å². The number of hydrogen-bond acceptors (Lipinski definition) is 0. The van der Waals surface area contributed by atoms with E-state index in [4.69, 9.17) is 0 Å². The molecule has 1 aromatic rings. The molecule has 0 spiro atoms. The average Bonchev–Trinajstić information content (AvgIpc) is 2.55. The molecule has 140 valence electrons. The Kier molecular flexibility index (Phi) is 11.5. The van der Waals surface area contributed by atoms with E-state index in [0.717, 1.165) is 10.0 Å². The third-order valence-corrected chi connectivity index (χ3v) is 5.96. The van der Waals surface area contributed by atoms with Crippen LogP contribution < -0.4 is 0 Å². The first-order valence-electron chi connectivity index (χ1n) is 10.2. The average molecular weight is 422 g/mol. The van der Waals surface area contributed by atoms with E-state index in [-0.39, 0.29) is 0 Å². The number of hydrogen-bond donors (Lipinski definition) is 0. The van der Waals surface area contributed by atoms with Gasteiger partial charge in [0, 0.05) is 10.0 Å². The van der Waals surface area contributed by atoms with Crippen LogP contribution in [0, 0.1) is 11.5 Å². The zero-order valence-corrected chi connectivity index (χ0v) is 19.5. The lowest BCUT2D eigenvalue weighted by molar-refractivity contribution is 0.556. The first kappa shape index (κ1) is 22.5. The van der Waals surface area contributed by atoms with E-state index in [1.165, 1.54) is 76.2 Å². The van der Waals surface area contributed by atoms with Crippen LogP contribution in [-0.2, 0) is 6.42 Å². The minimum atomic E-state index is -1.31. The van der Waals surface area contributed by atoms with Crippen LogP contribution in [0.25, 0.3) is 0 Å². The predicted octanol–water partition coefficient (Wildman–Crippen LogP) is 8.14. The van der Waals surface area contributed by atoms with Gasteiger partial charge in [0.1, 0.15) is 8.07 Å². The molecule has 0 N–H and O–H groups in total. The molecule has 0 heterocycles. The summed E-state index contributed by atoms with van der Waals surface area (Å²) >= 11 is 3.70. The highest BCUT2D eigenvalue weighted by Crippen LogP contribution is 2.20. The molecule has 0 atom stereocenters. The van der Waals surface area contributed by atoms with Gasteiger partial charge in [0.25, 0.3) is 0 Å². The van der Waals surface area contributed by atoms with Gasteiger partial charge in [-0.2, -0.15) is 0 Å². The van der Waals surface area contributed by atoms with Crippen molar-refractivity contribution in [3.05, 3.63) is 33.8 Å². The largest absolute Gasteiger partial charge is 0.129 e. The van der Waals surface area contributed by atoms with Crippen LogP contribution in [0.5, 0.6) is 0 Å². The number of rotatable bonds is 11. The molecule has 0 radical (unpaired) electrons. The summed E-state index contributed by atoms with van der Waals surface area (Å²) in [7, 11) is -1.31. The van der Waals surface area contributed by atoms with Gasteiger partial charge in [0.05, 0.1) is 0 Å². The molecule has 1 rings (SSSR count). The van der Waals surface area contributed by atoms with Crippen LogP contribution in [0.15, 0.2) is 22.7 Å². The normalized spacial score (nSPS) is 11.2. The van der Waals surface area contributed by atoms with Crippen molar-refractivity contribution in [1.82, 2.24) is 0 Å². The summed E-state index contributed by atoms with van der Waals surface area (Å²) in [5, 5.41) is 0. The summed E-state index contributed by atoms with van der Waals surface area (Å²) in [6.45, 7) is 9.14. The maximum atomic E-state index is 3.70. The Morgan fingerprint density at radius 1 is 0.840 bits per heavy atom. The lowest BCUT2D eigenvalue weighted by atomic mass is 10.0. The predicted molar refractivity (Wildman–Crippen MR) is 120 cm³/mol. The summed E-state index contributed by atoms with van der Waals surface area (Å²) in [4.78, 5) is 0. The highest BCUT2D eigenvalue weighted by atomic mass is 79.9. The number of unbranched alkanes of at least 4 members (excludes halogenated alkanes) is 9. The Hall–Kier alpha value is -0.523. The van der Waals surface area contributed by atoms with Crippen molar-refractivity contribution >= 4 is 24.0 Å². The molecule has 0 saturated carbocycles. The van der Waals surface area contributed by atoms with Gasteiger partial charge in [-0.3, -0.25) is 0 Å². The zero-order chi connectivity index (χ0) is 18.5. The molecule has 25 heavy (non-hydrogen) atoms. The Bertz CT molecular complexity index is 545. The van der Waals surface area contributed by atoms with Crippen molar-refractivity contribution in [1.29, 1.82) is 0 Å². The van der Waals surface area contributed by atoms with Gasteiger partial charge in [0.15, 0.2) is 0 Å². The standard InChI is InChI=1S/C23H37BrSi/c1-5-6-7-8-9-10-11-12-13-14-15-21-16-17-22(23(24)20-21)18-19-25(2,3)4/h16-17,20H,5-15H2,1-4H3. The van der Waals surface area contributed by atoms with Crippen molar-refractivity contribution in [2.75, 3.05) is 0 Å². The van der Waals surface area contributed by atoms with Crippen LogP contribution in [-0.4, -0.2) is 8.07 Å². The molecule has 0 aliphatic carbocycles. The zero-order valence-electron chi connectivity index (χ0n) is 16.9. The summed E-state index contributed by atoms with van der Waals surface area (Å²) < 4.78 is 1.16. The van der Waals surface area contributed by atoms with E-state index in [1.807, 2.05) is 0 Å². The molecule has 0 aromatic heterocycles. The Labute approximate surface area is 166 Å². The van der Waals surface area contributed by atoms with E-state index in [1.54, 1.807) is 0 Å². The molecule has 0 bridgehead atoms. The Morgan fingerprint density at radius 2 is 1.40 bits per heavy atom. The molecule has 2 heteroatoms. The molecule has 0 fully saturated rings. The SMILES string of the molecule is CCCCCCCCCCCCc1ccc(C#C[Si](C)(C)C)c(Br)c1. The molecular formula is C23H37BrSi. The summed E-state index contributed by atoms with van der Waals surface area (Å²) in [6, 6.07) is 6.71. The topological polar surface area (TPSA) is 0 Å². The lowest BCUT2D eigenvalue weighted by Gasteiger charge is -2.06. The smallest absolute Gasteiger partial charge is 0.127 e. The molecule has 1 aromatic carbocycles. The van der Waals surface area contributed by atoms with Gasteiger partial charge in [-0.15, -0.1) is 5.54 Å². The second kappa shape index (κ2) is 12.8. The van der Waals surface area contributed by atoms with Crippen LogP contribution in [0.1, 0.15) is 82.3 Å².